The second-order valence-corrected chi connectivity index (χ2v) is 4.30. The summed E-state index contributed by atoms with van der Waals surface area (Å²) in [5.41, 5.74) is 0.248. The molecule has 112 valence electrons. The Morgan fingerprint density at radius 2 is 1.86 bits per heavy atom. The number of halogens is 1. The first-order valence-corrected chi connectivity index (χ1v) is 6.34. The molecule has 0 radical (unpaired) electrons. The zero-order chi connectivity index (χ0) is 15.5. The predicted octanol–water partition coefficient (Wildman–Crippen LogP) is 2.77. The molecular weight excluding hydrogens is 291 g/mol. The minimum atomic E-state index is -0.769. The molecule has 6 nitrogen and oxygen atoms in total. The molecule has 0 unspecified atom stereocenters. The van der Waals surface area contributed by atoms with Gasteiger partial charge in [0.05, 0.1) is 12.8 Å². The smallest absolute Gasteiger partial charge is 0.444 e. The number of hydrogen-bond acceptors (Lipinski definition) is 5. The van der Waals surface area contributed by atoms with Crippen LogP contribution in [0, 0.1) is 5.82 Å². The summed E-state index contributed by atoms with van der Waals surface area (Å²) in [5, 5.41) is 3.88. The molecule has 0 bridgehead atoms. The van der Waals surface area contributed by atoms with Gasteiger partial charge in [0.2, 0.25) is 0 Å². The highest BCUT2D eigenvalue weighted by atomic mass is 19.1. The van der Waals surface area contributed by atoms with Crippen molar-refractivity contribution in [2.45, 2.75) is 0 Å². The lowest BCUT2D eigenvalue weighted by molar-refractivity contribution is 0.319. The molecule has 0 fully saturated rings. The van der Waals surface area contributed by atoms with E-state index in [-0.39, 0.29) is 11.8 Å². The van der Waals surface area contributed by atoms with Crippen LogP contribution in [-0.2, 0) is 0 Å². The monoisotopic (exact) mass is 302 g/mol. The van der Waals surface area contributed by atoms with Crippen LogP contribution >= 0.6 is 0 Å². The van der Waals surface area contributed by atoms with Gasteiger partial charge >= 0.3 is 11.8 Å². The van der Waals surface area contributed by atoms with Crippen LogP contribution in [0.4, 0.5) is 4.39 Å². The quantitative estimate of drug-likeness (QED) is 0.741. The van der Waals surface area contributed by atoms with Crippen molar-refractivity contribution in [2.75, 3.05) is 7.11 Å². The van der Waals surface area contributed by atoms with Crippen LogP contribution in [0.25, 0.3) is 5.69 Å². The molecule has 7 heteroatoms. The molecular formula is C15H11FN2O4. The molecule has 22 heavy (non-hydrogen) atoms. The lowest BCUT2D eigenvalue weighted by Crippen LogP contribution is -2.13. The third-order valence-electron chi connectivity index (χ3n) is 2.85. The Balaban J connectivity index is 1.87. The molecule has 0 spiro atoms. The van der Waals surface area contributed by atoms with Gasteiger partial charge in [0.15, 0.2) is 0 Å². The second-order valence-electron chi connectivity index (χ2n) is 4.30. The molecule has 0 saturated heterocycles. The molecule has 0 aliphatic heterocycles. The minimum Gasteiger partial charge on any atom is -0.497 e. The van der Waals surface area contributed by atoms with Gasteiger partial charge in [-0.05, 0) is 42.5 Å². The van der Waals surface area contributed by atoms with Crippen molar-refractivity contribution in [3.05, 3.63) is 64.9 Å². The summed E-state index contributed by atoms with van der Waals surface area (Å²) in [4.78, 5) is 11.8. The van der Waals surface area contributed by atoms with E-state index < -0.39 is 11.6 Å². The van der Waals surface area contributed by atoms with Crippen LogP contribution in [0.1, 0.15) is 0 Å². The number of ether oxygens (including phenoxy) is 2. The predicted molar refractivity (Wildman–Crippen MR) is 75.1 cm³/mol. The second kappa shape index (κ2) is 5.72. The van der Waals surface area contributed by atoms with E-state index in [1.54, 1.807) is 31.4 Å². The number of benzene rings is 2. The molecule has 3 aromatic rings. The Morgan fingerprint density at radius 3 is 2.55 bits per heavy atom. The molecule has 0 atom stereocenters. The van der Waals surface area contributed by atoms with Crippen molar-refractivity contribution in [1.29, 1.82) is 0 Å². The maximum atomic E-state index is 13.2. The average molecular weight is 302 g/mol. The first-order chi connectivity index (χ1) is 10.7. The van der Waals surface area contributed by atoms with Gasteiger partial charge in [0.25, 0.3) is 0 Å². The molecule has 1 heterocycles. The van der Waals surface area contributed by atoms with Crippen molar-refractivity contribution in [3.63, 3.8) is 0 Å². The fraction of sp³-hybridized carbons (Fsp3) is 0.0667. The Morgan fingerprint density at radius 1 is 1.14 bits per heavy atom. The Bertz CT molecular complexity index is 839. The lowest BCUT2D eigenvalue weighted by atomic mass is 10.3. The highest BCUT2D eigenvalue weighted by Gasteiger charge is 2.12. The number of methoxy groups -OCH3 is 1. The third-order valence-corrected chi connectivity index (χ3v) is 2.85. The standard InChI is InChI=1S/C15H11FN2O4/c1-20-12-5-7-13(8-6-12)21-14-17-18(15(19)22-14)11-4-2-3-10(16)9-11/h2-9H,1H3. The summed E-state index contributed by atoms with van der Waals surface area (Å²) in [6.07, 6.45) is -0.237. The molecule has 0 aliphatic carbocycles. The first-order valence-electron chi connectivity index (χ1n) is 6.34. The van der Waals surface area contributed by atoms with E-state index >= 15 is 0 Å². The fourth-order valence-electron chi connectivity index (χ4n) is 1.82. The maximum absolute atomic E-state index is 13.2. The van der Waals surface area contributed by atoms with Gasteiger partial charge in [-0.2, -0.15) is 4.68 Å². The summed E-state index contributed by atoms with van der Waals surface area (Å²) in [6, 6.07) is 12.1. The van der Waals surface area contributed by atoms with Gasteiger partial charge in [-0.25, -0.2) is 9.18 Å². The molecule has 3 rings (SSSR count). The summed E-state index contributed by atoms with van der Waals surface area (Å²) in [6.45, 7) is 0. The summed E-state index contributed by atoms with van der Waals surface area (Å²) in [7, 11) is 1.55. The molecule has 0 aliphatic rings. The van der Waals surface area contributed by atoms with E-state index in [0.29, 0.717) is 11.5 Å². The van der Waals surface area contributed by atoms with Crippen molar-refractivity contribution in [1.82, 2.24) is 9.78 Å². The van der Waals surface area contributed by atoms with Crippen molar-refractivity contribution >= 4 is 0 Å². The zero-order valence-electron chi connectivity index (χ0n) is 11.5. The van der Waals surface area contributed by atoms with Crippen LogP contribution in [-0.4, -0.2) is 16.9 Å². The largest absolute Gasteiger partial charge is 0.497 e. The van der Waals surface area contributed by atoms with E-state index in [4.69, 9.17) is 13.9 Å². The molecule has 0 N–H and O–H groups in total. The molecule has 0 saturated carbocycles. The maximum Gasteiger partial charge on any atom is 0.444 e. The van der Waals surface area contributed by atoms with E-state index in [2.05, 4.69) is 5.10 Å². The number of nitrogens with zero attached hydrogens (tertiary/aromatic N) is 2. The fourth-order valence-corrected chi connectivity index (χ4v) is 1.82. The Hall–Kier alpha value is -3.09. The van der Waals surface area contributed by atoms with Crippen LogP contribution in [0.5, 0.6) is 17.6 Å². The zero-order valence-corrected chi connectivity index (χ0v) is 11.5. The molecule has 0 amide bonds. The van der Waals surface area contributed by atoms with Crippen LogP contribution in [0.2, 0.25) is 0 Å². The van der Waals surface area contributed by atoms with E-state index in [9.17, 15) is 9.18 Å². The van der Waals surface area contributed by atoms with E-state index in [1.165, 1.54) is 24.3 Å². The van der Waals surface area contributed by atoms with Crippen molar-refractivity contribution in [3.8, 4) is 23.3 Å². The Kier molecular flexibility index (Phi) is 3.61. The first kappa shape index (κ1) is 13.9. The summed E-state index contributed by atoms with van der Waals surface area (Å²) < 4.78 is 29.4. The molecule has 1 aromatic heterocycles. The van der Waals surface area contributed by atoms with Gasteiger partial charge in [-0.15, -0.1) is 0 Å². The minimum absolute atomic E-state index is 0.237. The van der Waals surface area contributed by atoms with Crippen LogP contribution in [0.15, 0.2) is 57.7 Å². The highest BCUT2D eigenvalue weighted by molar-refractivity contribution is 5.33. The third kappa shape index (κ3) is 2.83. The van der Waals surface area contributed by atoms with Crippen LogP contribution in [0.3, 0.4) is 0 Å². The van der Waals surface area contributed by atoms with E-state index in [1.807, 2.05) is 0 Å². The number of hydrogen-bond donors (Lipinski definition) is 0. The topological polar surface area (TPSA) is 66.5 Å². The van der Waals surface area contributed by atoms with Gasteiger partial charge in [-0.1, -0.05) is 11.2 Å². The van der Waals surface area contributed by atoms with Crippen molar-refractivity contribution in [2.24, 2.45) is 0 Å². The lowest BCUT2D eigenvalue weighted by Gasteiger charge is -2.02. The van der Waals surface area contributed by atoms with Gasteiger partial charge in [-0.3, -0.25) is 0 Å². The number of aromatic nitrogens is 2. The summed E-state index contributed by atoms with van der Waals surface area (Å²) in [5.74, 6) is -0.160. The van der Waals surface area contributed by atoms with Gasteiger partial charge < -0.3 is 13.9 Å². The Labute approximate surface area is 124 Å². The average Bonchev–Trinajstić information content (AvgIpc) is 2.88. The van der Waals surface area contributed by atoms with Crippen molar-refractivity contribution < 1.29 is 18.3 Å². The van der Waals surface area contributed by atoms with Gasteiger partial charge in [0, 0.05) is 0 Å². The summed E-state index contributed by atoms with van der Waals surface area (Å²) >= 11 is 0. The van der Waals surface area contributed by atoms with E-state index in [0.717, 1.165) is 4.68 Å². The SMILES string of the molecule is COc1ccc(Oc2nn(-c3cccc(F)c3)c(=O)o2)cc1. The van der Waals surface area contributed by atoms with Gasteiger partial charge in [0.1, 0.15) is 17.3 Å². The normalized spacial score (nSPS) is 10.5. The highest BCUT2D eigenvalue weighted by Crippen LogP contribution is 2.22. The number of rotatable bonds is 4. The molecule has 2 aromatic carbocycles. The van der Waals surface area contributed by atoms with Crippen LogP contribution < -0.4 is 15.2 Å².